The number of carbonyl (C=O) groups excluding carboxylic acids is 3. The Hall–Kier alpha value is -3.06. The van der Waals surface area contributed by atoms with Crippen molar-refractivity contribution in [2.45, 2.75) is 0 Å². The van der Waals surface area contributed by atoms with Crippen LogP contribution in [0.15, 0.2) is 42.5 Å². The minimum atomic E-state index is -0.713. The van der Waals surface area contributed by atoms with Crippen molar-refractivity contribution in [3.8, 4) is 5.75 Å². The molecule has 0 atom stereocenters. The Morgan fingerprint density at radius 2 is 1.67 bits per heavy atom. The number of primary amides is 2. The second kappa shape index (κ2) is 7.47. The van der Waals surface area contributed by atoms with Crippen LogP contribution in [0.3, 0.4) is 0 Å². The highest BCUT2D eigenvalue weighted by molar-refractivity contribution is 6.31. The van der Waals surface area contributed by atoms with Gasteiger partial charge in [-0.3, -0.25) is 14.4 Å². The molecule has 0 heterocycles. The van der Waals surface area contributed by atoms with Gasteiger partial charge in [-0.15, -0.1) is 0 Å². The molecule has 2 aromatic carbocycles. The molecule has 24 heavy (non-hydrogen) atoms. The molecule has 8 heteroatoms. The van der Waals surface area contributed by atoms with Gasteiger partial charge in [-0.2, -0.15) is 0 Å². The monoisotopic (exact) mass is 347 g/mol. The van der Waals surface area contributed by atoms with E-state index in [-0.39, 0.29) is 17.9 Å². The van der Waals surface area contributed by atoms with E-state index in [9.17, 15) is 14.4 Å². The first-order valence-corrected chi connectivity index (χ1v) is 7.16. The smallest absolute Gasteiger partial charge is 0.262 e. The predicted molar refractivity (Wildman–Crippen MR) is 89.1 cm³/mol. The topological polar surface area (TPSA) is 125 Å². The maximum absolute atomic E-state index is 11.9. The van der Waals surface area contributed by atoms with Crippen LogP contribution in [0.4, 0.5) is 5.69 Å². The van der Waals surface area contributed by atoms with E-state index in [1.807, 2.05) is 0 Å². The van der Waals surface area contributed by atoms with Gasteiger partial charge in [-0.05, 0) is 42.5 Å². The van der Waals surface area contributed by atoms with E-state index in [2.05, 4.69) is 5.32 Å². The molecule has 0 saturated heterocycles. The molecule has 124 valence electrons. The van der Waals surface area contributed by atoms with Crippen molar-refractivity contribution in [1.29, 1.82) is 0 Å². The number of rotatable bonds is 6. The summed E-state index contributed by atoms with van der Waals surface area (Å²) in [5.74, 6) is -1.56. The van der Waals surface area contributed by atoms with Crippen LogP contribution in [-0.4, -0.2) is 24.3 Å². The summed E-state index contributed by atoms with van der Waals surface area (Å²) in [6, 6.07) is 10.4. The van der Waals surface area contributed by atoms with Crippen molar-refractivity contribution in [2.24, 2.45) is 11.5 Å². The van der Waals surface area contributed by atoms with Crippen molar-refractivity contribution in [1.82, 2.24) is 0 Å². The third kappa shape index (κ3) is 4.47. The van der Waals surface area contributed by atoms with Gasteiger partial charge in [0.1, 0.15) is 5.75 Å². The fourth-order valence-electron chi connectivity index (χ4n) is 1.88. The largest absolute Gasteiger partial charge is 0.483 e. The molecule has 0 aliphatic rings. The molecule has 3 amide bonds. The molecule has 0 unspecified atom stereocenters. The van der Waals surface area contributed by atoms with E-state index in [0.717, 1.165) is 0 Å². The van der Waals surface area contributed by atoms with E-state index < -0.39 is 17.7 Å². The number of halogens is 1. The summed E-state index contributed by atoms with van der Waals surface area (Å²) in [5.41, 5.74) is 11.3. The van der Waals surface area contributed by atoms with Crippen LogP contribution < -0.4 is 21.5 Å². The minimum absolute atomic E-state index is 0.0844. The number of amides is 3. The molecule has 0 saturated carbocycles. The summed E-state index contributed by atoms with van der Waals surface area (Å²) in [4.78, 5) is 34.2. The number of nitrogens with two attached hydrogens (primary N) is 2. The number of ether oxygens (including phenoxy) is 1. The molecular formula is C16H14ClN3O4. The quantitative estimate of drug-likeness (QED) is 0.733. The molecule has 0 aliphatic heterocycles. The lowest BCUT2D eigenvalue weighted by atomic mass is 10.2. The third-order valence-corrected chi connectivity index (χ3v) is 3.25. The Labute approximate surface area is 142 Å². The van der Waals surface area contributed by atoms with Crippen LogP contribution in [0.2, 0.25) is 5.02 Å². The molecule has 0 fully saturated rings. The van der Waals surface area contributed by atoms with Gasteiger partial charge in [0, 0.05) is 16.3 Å². The maximum Gasteiger partial charge on any atom is 0.262 e. The Kier molecular flexibility index (Phi) is 5.39. The van der Waals surface area contributed by atoms with Crippen LogP contribution >= 0.6 is 11.6 Å². The normalized spacial score (nSPS) is 10.0. The van der Waals surface area contributed by atoms with Crippen LogP contribution in [0.5, 0.6) is 5.75 Å². The van der Waals surface area contributed by atoms with E-state index >= 15 is 0 Å². The molecule has 0 bridgehead atoms. The number of carbonyl (C=O) groups is 3. The Morgan fingerprint density at radius 3 is 2.25 bits per heavy atom. The highest BCUT2D eigenvalue weighted by Crippen LogP contribution is 2.22. The van der Waals surface area contributed by atoms with Gasteiger partial charge in [-0.25, -0.2) is 0 Å². The number of nitrogens with one attached hydrogen (secondary N) is 1. The molecule has 2 rings (SSSR count). The Balaban J connectivity index is 1.98. The average molecular weight is 348 g/mol. The average Bonchev–Trinajstić information content (AvgIpc) is 2.54. The van der Waals surface area contributed by atoms with Gasteiger partial charge in [-0.1, -0.05) is 11.6 Å². The van der Waals surface area contributed by atoms with E-state index in [0.29, 0.717) is 16.3 Å². The molecule has 0 spiro atoms. The highest BCUT2D eigenvalue weighted by atomic mass is 35.5. The van der Waals surface area contributed by atoms with Gasteiger partial charge in [0.2, 0.25) is 5.91 Å². The lowest BCUT2D eigenvalue weighted by molar-refractivity contribution is -0.118. The van der Waals surface area contributed by atoms with Crippen LogP contribution in [0.25, 0.3) is 0 Å². The molecule has 0 aliphatic carbocycles. The van der Waals surface area contributed by atoms with Crippen LogP contribution in [0.1, 0.15) is 20.7 Å². The summed E-state index contributed by atoms with van der Waals surface area (Å²) >= 11 is 5.79. The molecule has 7 nitrogen and oxygen atoms in total. The van der Waals surface area contributed by atoms with Crippen molar-refractivity contribution >= 4 is 35.0 Å². The molecule has 0 radical (unpaired) electrons. The number of benzene rings is 2. The fraction of sp³-hybridized carbons (Fsp3) is 0.0625. The Morgan fingerprint density at radius 1 is 1.00 bits per heavy atom. The molecule has 0 aromatic heterocycles. The first-order chi connectivity index (χ1) is 11.4. The zero-order chi connectivity index (χ0) is 17.7. The lowest BCUT2D eigenvalue weighted by Crippen LogP contribution is -2.21. The molecule has 2 aromatic rings. The number of hydrogen-bond donors (Lipinski definition) is 3. The maximum atomic E-state index is 11.9. The van der Waals surface area contributed by atoms with Gasteiger partial charge < -0.3 is 21.5 Å². The van der Waals surface area contributed by atoms with Crippen molar-refractivity contribution in [3.63, 3.8) is 0 Å². The van der Waals surface area contributed by atoms with Gasteiger partial charge in [0.05, 0.1) is 5.56 Å². The standard InChI is InChI=1S/C16H14ClN3O4/c17-10-3-6-13(12(7-10)16(19)23)24-8-14(21)20-11-4-1-9(2-5-11)15(18)22/h1-7H,8H2,(H2,18,22)(H2,19,23)(H,20,21). The lowest BCUT2D eigenvalue weighted by Gasteiger charge is -2.10. The van der Waals surface area contributed by atoms with Crippen molar-refractivity contribution in [3.05, 3.63) is 58.6 Å². The third-order valence-electron chi connectivity index (χ3n) is 3.02. The minimum Gasteiger partial charge on any atom is -0.483 e. The first kappa shape index (κ1) is 17.3. The zero-order valence-electron chi connectivity index (χ0n) is 12.4. The summed E-state index contributed by atoms with van der Waals surface area (Å²) in [7, 11) is 0. The van der Waals surface area contributed by atoms with E-state index in [4.69, 9.17) is 27.8 Å². The summed E-state index contributed by atoms with van der Waals surface area (Å²) in [6.07, 6.45) is 0. The first-order valence-electron chi connectivity index (χ1n) is 6.78. The molecular weight excluding hydrogens is 334 g/mol. The van der Waals surface area contributed by atoms with Crippen molar-refractivity contribution in [2.75, 3.05) is 11.9 Å². The van der Waals surface area contributed by atoms with E-state index in [1.165, 1.54) is 42.5 Å². The summed E-state index contributed by atoms with van der Waals surface area (Å²) < 4.78 is 5.30. The second-order valence-electron chi connectivity index (χ2n) is 4.78. The predicted octanol–water partition coefficient (Wildman–Crippen LogP) is 1.56. The van der Waals surface area contributed by atoms with Gasteiger partial charge >= 0.3 is 0 Å². The van der Waals surface area contributed by atoms with Crippen LogP contribution in [0, 0.1) is 0 Å². The fourth-order valence-corrected chi connectivity index (χ4v) is 2.05. The summed E-state index contributed by atoms with van der Waals surface area (Å²) in [6.45, 7) is -0.334. The highest BCUT2D eigenvalue weighted by Gasteiger charge is 2.12. The Bertz CT molecular complexity index is 790. The van der Waals surface area contributed by atoms with Gasteiger partial charge in [0.25, 0.3) is 11.8 Å². The molecule has 5 N–H and O–H groups in total. The van der Waals surface area contributed by atoms with Crippen molar-refractivity contribution < 1.29 is 19.1 Å². The number of anilines is 1. The SMILES string of the molecule is NC(=O)c1ccc(NC(=O)COc2ccc(Cl)cc2C(N)=O)cc1. The zero-order valence-corrected chi connectivity index (χ0v) is 13.2. The van der Waals surface area contributed by atoms with E-state index in [1.54, 1.807) is 0 Å². The number of hydrogen-bond acceptors (Lipinski definition) is 4. The summed E-state index contributed by atoms with van der Waals surface area (Å²) in [5, 5.41) is 2.91. The van der Waals surface area contributed by atoms with Crippen LogP contribution in [-0.2, 0) is 4.79 Å². The second-order valence-corrected chi connectivity index (χ2v) is 5.22. The van der Waals surface area contributed by atoms with Gasteiger partial charge in [0.15, 0.2) is 6.61 Å².